The van der Waals surface area contributed by atoms with E-state index >= 15 is 0 Å². The van der Waals surface area contributed by atoms with Gasteiger partial charge in [-0.3, -0.25) is 0 Å². The van der Waals surface area contributed by atoms with E-state index in [4.69, 9.17) is 4.74 Å². The lowest BCUT2D eigenvalue weighted by molar-refractivity contribution is 0.0306. The fourth-order valence-corrected chi connectivity index (χ4v) is 1.92. The zero-order chi connectivity index (χ0) is 16.3. The van der Waals surface area contributed by atoms with Crippen molar-refractivity contribution in [1.29, 1.82) is 0 Å². The van der Waals surface area contributed by atoms with Gasteiger partial charge in [0.25, 0.3) is 0 Å². The molecule has 0 spiro atoms. The molecule has 1 amide bonds. The van der Waals surface area contributed by atoms with Gasteiger partial charge >= 0.3 is 12.1 Å². The molecule has 0 saturated heterocycles. The smallest absolute Gasteiger partial charge is 0.410 e. The van der Waals surface area contributed by atoms with Crippen LogP contribution in [0, 0.1) is 0 Å². The molecule has 1 aliphatic heterocycles. The van der Waals surface area contributed by atoms with Crippen LogP contribution in [0.5, 0.6) is 0 Å². The Morgan fingerprint density at radius 3 is 2.50 bits per heavy atom. The first-order valence-corrected chi connectivity index (χ1v) is 6.89. The number of carbonyl (C=O) groups is 2. The zero-order valence-electron chi connectivity index (χ0n) is 13.1. The molecule has 7 heteroatoms. The number of nitrogens with zero attached hydrogens (tertiary/aromatic N) is 3. The van der Waals surface area contributed by atoms with Gasteiger partial charge in [-0.15, -0.1) is 10.2 Å². The van der Waals surface area contributed by atoms with Crippen molar-refractivity contribution in [3.63, 3.8) is 0 Å². The summed E-state index contributed by atoms with van der Waals surface area (Å²) in [4.78, 5) is 24.9. The molecule has 2 rings (SSSR count). The third-order valence-corrected chi connectivity index (χ3v) is 2.96. The van der Waals surface area contributed by atoms with E-state index in [0.29, 0.717) is 18.8 Å². The number of hydrogen-bond donors (Lipinski definition) is 0. The van der Waals surface area contributed by atoms with Gasteiger partial charge in [-0.25, -0.2) is 9.59 Å². The van der Waals surface area contributed by atoms with Gasteiger partial charge in [-0.2, -0.15) is 0 Å². The topological polar surface area (TPSA) is 81.6 Å². The highest BCUT2D eigenvalue weighted by Crippen LogP contribution is 2.21. The maximum atomic E-state index is 12.0. The Kier molecular flexibility index (Phi) is 4.44. The number of esters is 1. The lowest BCUT2D eigenvalue weighted by atomic mass is 10.2. The number of aromatic nitrogens is 2. The van der Waals surface area contributed by atoms with Gasteiger partial charge in [0.15, 0.2) is 5.69 Å². The summed E-state index contributed by atoms with van der Waals surface area (Å²) in [6, 6.07) is 3.23. The Balaban J connectivity index is 2.01. The monoisotopic (exact) mass is 305 g/mol. The van der Waals surface area contributed by atoms with E-state index in [2.05, 4.69) is 14.9 Å². The summed E-state index contributed by atoms with van der Waals surface area (Å²) >= 11 is 0. The molecule has 0 bridgehead atoms. The van der Waals surface area contributed by atoms with Crippen molar-refractivity contribution >= 4 is 17.6 Å². The lowest BCUT2D eigenvalue weighted by Crippen LogP contribution is -2.35. The number of carbonyl (C=O) groups excluding carboxylic acids is 2. The van der Waals surface area contributed by atoms with Crippen LogP contribution < -0.4 is 0 Å². The molecule has 1 aromatic heterocycles. The molecule has 0 saturated carbocycles. The highest BCUT2D eigenvalue weighted by Gasteiger charge is 2.26. The van der Waals surface area contributed by atoms with Crippen molar-refractivity contribution in [2.24, 2.45) is 0 Å². The third-order valence-electron chi connectivity index (χ3n) is 2.96. The summed E-state index contributed by atoms with van der Waals surface area (Å²) in [7, 11) is 1.29. The molecule has 0 unspecified atom stereocenters. The van der Waals surface area contributed by atoms with Crippen molar-refractivity contribution in [1.82, 2.24) is 15.1 Å². The summed E-state index contributed by atoms with van der Waals surface area (Å²) < 4.78 is 9.90. The third kappa shape index (κ3) is 3.81. The molecule has 1 aliphatic rings. The largest absolute Gasteiger partial charge is 0.464 e. The maximum absolute atomic E-state index is 12.0. The first kappa shape index (κ1) is 15.9. The Morgan fingerprint density at radius 2 is 1.95 bits per heavy atom. The van der Waals surface area contributed by atoms with Crippen LogP contribution >= 0.6 is 0 Å². The molecule has 0 radical (unpaired) electrons. The fourth-order valence-electron chi connectivity index (χ4n) is 1.92. The Hall–Kier alpha value is -2.44. The van der Waals surface area contributed by atoms with E-state index in [1.54, 1.807) is 17.0 Å². The van der Waals surface area contributed by atoms with Crippen LogP contribution in [0.1, 0.15) is 37.0 Å². The summed E-state index contributed by atoms with van der Waals surface area (Å²) in [5, 5.41) is 7.82. The minimum absolute atomic E-state index is 0.147. The molecular weight excluding hydrogens is 286 g/mol. The Labute approximate surface area is 128 Å². The number of methoxy groups -OCH3 is 1. The maximum Gasteiger partial charge on any atom is 0.410 e. The second-order valence-corrected chi connectivity index (χ2v) is 5.89. The first-order chi connectivity index (χ1) is 10.3. The van der Waals surface area contributed by atoms with Gasteiger partial charge in [0.2, 0.25) is 0 Å². The van der Waals surface area contributed by atoms with Crippen molar-refractivity contribution in [2.75, 3.05) is 20.2 Å². The van der Waals surface area contributed by atoms with Crippen LogP contribution in [-0.2, 0) is 9.47 Å². The van der Waals surface area contributed by atoms with Crippen LogP contribution in [0.3, 0.4) is 0 Å². The minimum Gasteiger partial charge on any atom is -0.464 e. The van der Waals surface area contributed by atoms with Crippen molar-refractivity contribution in [3.05, 3.63) is 29.6 Å². The van der Waals surface area contributed by atoms with Gasteiger partial charge < -0.3 is 14.4 Å². The molecule has 0 aromatic carbocycles. The quantitative estimate of drug-likeness (QED) is 0.776. The zero-order valence-corrected chi connectivity index (χ0v) is 13.1. The van der Waals surface area contributed by atoms with E-state index in [1.165, 1.54) is 7.11 Å². The Bertz CT molecular complexity index is 602. The SMILES string of the molecule is COC(=O)c1ccc(C2=CCN(C(=O)OC(C)(C)C)C2)nn1. The van der Waals surface area contributed by atoms with Crippen molar-refractivity contribution < 1.29 is 19.1 Å². The van der Waals surface area contributed by atoms with Crippen LogP contribution in [0.2, 0.25) is 0 Å². The summed E-state index contributed by atoms with van der Waals surface area (Å²) in [5.41, 5.74) is 1.12. The molecule has 1 aromatic rings. The van der Waals surface area contributed by atoms with E-state index in [1.807, 2.05) is 26.8 Å². The standard InChI is InChI=1S/C15H19N3O4/c1-15(2,3)22-14(20)18-8-7-10(9-18)11-5-6-12(17-16-11)13(19)21-4/h5-7H,8-9H2,1-4H3. The molecule has 22 heavy (non-hydrogen) atoms. The summed E-state index contributed by atoms with van der Waals surface area (Å²) in [5.74, 6) is -0.533. The average Bonchev–Trinajstić information content (AvgIpc) is 2.95. The predicted molar refractivity (Wildman–Crippen MR) is 79.2 cm³/mol. The molecule has 0 atom stereocenters. The van der Waals surface area contributed by atoms with E-state index in [0.717, 1.165) is 5.57 Å². The number of hydrogen-bond acceptors (Lipinski definition) is 6. The average molecular weight is 305 g/mol. The highest BCUT2D eigenvalue weighted by molar-refractivity contribution is 5.87. The van der Waals surface area contributed by atoms with Crippen LogP contribution in [-0.4, -0.2) is 53.0 Å². The molecule has 0 fully saturated rings. The number of ether oxygens (including phenoxy) is 2. The predicted octanol–water partition coefficient (Wildman–Crippen LogP) is 1.90. The second-order valence-electron chi connectivity index (χ2n) is 5.89. The van der Waals surface area contributed by atoms with Crippen molar-refractivity contribution in [2.45, 2.75) is 26.4 Å². The summed E-state index contributed by atoms with van der Waals surface area (Å²) in [6.07, 6.45) is 1.53. The normalized spacial score (nSPS) is 14.5. The van der Waals surface area contributed by atoms with Gasteiger partial charge in [0, 0.05) is 6.54 Å². The van der Waals surface area contributed by atoms with E-state index in [-0.39, 0.29) is 11.8 Å². The highest BCUT2D eigenvalue weighted by atomic mass is 16.6. The number of amides is 1. The van der Waals surface area contributed by atoms with E-state index in [9.17, 15) is 9.59 Å². The molecule has 118 valence electrons. The molecule has 7 nitrogen and oxygen atoms in total. The number of rotatable bonds is 2. The Morgan fingerprint density at radius 1 is 1.23 bits per heavy atom. The van der Waals surface area contributed by atoms with Crippen LogP contribution in [0.15, 0.2) is 18.2 Å². The lowest BCUT2D eigenvalue weighted by Gasteiger charge is -2.24. The molecule has 2 heterocycles. The van der Waals surface area contributed by atoms with Gasteiger partial charge in [0.05, 0.1) is 19.3 Å². The van der Waals surface area contributed by atoms with Crippen LogP contribution in [0.25, 0.3) is 5.57 Å². The minimum atomic E-state index is -0.533. The van der Waals surface area contributed by atoms with Gasteiger partial charge in [-0.05, 0) is 38.5 Å². The second kappa shape index (κ2) is 6.13. The molecule has 0 aliphatic carbocycles. The fraction of sp³-hybridized carbons (Fsp3) is 0.467. The van der Waals surface area contributed by atoms with E-state index < -0.39 is 11.6 Å². The van der Waals surface area contributed by atoms with Crippen LogP contribution in [0.4, 0.5) is 4.79 Å². The van der Waals surface area contributed by atoms with Crippen molar-refractivity contribution in [3.8, 4) is 0 Å². The summed E-state index contributed by atoms with van der Waals surface area (Å²) in [6.45, 7) is 6.34. The first-order valence-electron chi connectivity index (χ1n) is 6.89. The van der Waals surface area contributed by atoms with Gasteiger partial charge in [-0.1, -0.05) is 6.08 Å². The molecule has 0 N–H and O–H groups in total. The van der Waals surface area contributed by atoms with Gasteiger partial charge in [0.1, 0.15) is 5.60 Å². The molecular formula is C15H19N3O4.